The number of halogens is 1. The van der Waals surface area contributed by atoms with Gasteiger partial charge in [0.1, 0.15) is 4.90 Å². The summed E-state index contributed by atoms with van der Waals surface area (Å²) >= 11 is 5.95. The summed E-state index contributed by atoms with van der Waals surface area (Å²) in [7, 11) is -3.62. The largest absolute Gasteiger partial charge is 0.399 e. The first-order valence-electron chi connectivity index (χ1n) is 6.73. The van der Waals surface area contributed by atoms with Gasteiger partial charge in [-0.3, -0.25) is 4.90 Å². The lowest BCUT2D eigenvalue weighted by Gasteiger charge is -2.23. The van der Waals surface area contributed by atoms with E-state index in [0.717, 1.165) is 25.9 Å². The fourth-order valence-corrected chi connectivity index (χ4v) is 4.16. The van der Waals surface area contributed by atoms with Gasteiger partial charge in [-0.05, 0) is 44.1 Å². The van der Waals surface area contributed by atoms with Crippen molar-refractivity contribution in [3.8, 4) is 0 Å². The first-order chi connectivity index (χ1) is 9.44. The van der Waals surface area contributed by atoms with Crippen molar-refractivity contribution in [2.75, 3.05) is 25.4 Å². The van der Waals surface area contributed by atoms with Crippen LogP contribution in [0.15, 0.2) is 23.1 Å². The van der Waals surface area contributed by atoms with Crippen LogP contribution in [0.25, 0.3) is 0 Å². The Kier molecular flexibility index (Phi) is 4.90. The second-order valence-electron chi connectivity index (χ2n) is 4.97. The SMILES string of the molecule is CCN1CCC[C@@H]1CNS(=O)(=O)c1cc(N)ccc1Cl. The van der Waals surface area contributed by atoms with Gasteiger partial charge in [-0.1, -0.05) is 18.5 Å². The lowest BCUT2D eigenvalue weighted by molar-refractivity contribution is 0.268. The van der Waals surface area contributed by atoms with Gasteiger partial charge >= 0.3 is 0 Å². The molecule has 1 atom stereocenters. The van der Waals surface area contributed by atoms with Gasteiger partial charge in [-0.15, -0.1) is 0 Å². The van der Waals surface area contributed by atoms with Crippen LogP contribution in [0.4, 0.5) is 5.69 Å². The van der Waals surface area contributed by atoms with Gasteiger partial charge in [-0.2, -0.15) is 0 Å². The normalized spacial score (nSPS) is 20.4. The molecule has 7 heteroatoms. The number of nitrogens with one attached hydrogen (secondary N) is 1. The molecule has 1 heterocycles. The number of nitrogen functional groups attached to an aromatic ring is 1. The summed E-state index contributed by atoms with van der Waals surface area (Å²) in [5.41, 5.74) is 6.01. The second kappa shape index (κ2) is 6.30. The highest BCUT2D eigenvalue weighted by atomic mass is 35.5. The van der Waals surface area contributed by atoms with E-state index in [1.165, 1.54) is 12.1 Å². The number of likely N-dealkylation sites (tertiary alicyclic amines) is 1. The third kappa shape index (κ3) is 3.44. The maximum absolute atomic E-state index is 12.3. The standard InChI is InChI=1S/C13H20ClN3O2S/c1-2-17-7-3-4-11(17)9-16-20(18,19)13-8-10(15)5-6-12(13)14/h5-6,8,11,16H,2-4,7,9,15H2,1H3/t11-/m1/s1. The average Bonchev–Trinajstić information content (AvgIpc) is 2.86. The lowest BCUT2D eigenvalue weighted by atomic mass is 10.2. The van der Waals surface area contributed by atoms with Gasteiger partial charge in [0.2, 0.25) is 10.0 Å². The molecule has 1 aliphatic heterocycles. The minimum absolute atomic E-state index is 0.0419. The van der Waals surface area contributed by atoms with E-state index >= 15 is 0 Å². The fraction of sp³-hybridized carbons (Fsp3) is 0.538. The monoisotopic (exact) mass is 317 g/mol. The highest BCUT2D eigenvalue weighted by Gasteiger charge is 2.26. The zero-order valence-electron chi connectivity index (χ0n) is 11.5. The predicted molar refractivity (Wildman–Crippen MR) is 81.3 cm³/mol. The molecule has 0 amide bonds. The van der Waals surface area contributed by atoms with E-state index < -0.39 is 10.0 Å². The maximum Gasteiger partial charge on any atom is 0.242 e. The second-order valence-corrected chi connectivity index (χ2v) is 7.11. The van der Waals surface area contributed by atoms with E-state index in [-0.39, 0.29) is 16.0 Å². The Morgan fingerprint density at radius 3 is 2.95 bits per heavy atom. The van der Waals surface area contributed by atoms with E-state index in [0.29, 0.717) is 12.2 Å². The van der Waals surface area contributed by atoms with Gasteiger partial charge < -0.3 is 5.73 Å². The van der Waals surface area contributed by atoms with E-state index in [1.54, 1.807) is 6.07 Å². The summed E-state index contributed by atoms with van der Waals surface area (Å²) in [6.07, 6.45) is 2.13. The Bertz CT molecular complexity index is 577. The smallest absolute Gasteiger partial charge is 0.242 e. The fourth-order valence-electron chi connectivity index (χ4n) is 2.55. The Morgan fingerprint density at radius 2 is 2.25 bits per heavy atom. The van der Waals surface area contributed by atoms with Crippen LogP contribution in [0.3, 0.4) is 0 Å². The Hall–Kier alpha value is -0.820. The molecule has 2 rings (SSSR count). The number of rotatable bonds is 5. The minimum atomic E-state index is -3.62. The summed E-state index contributed by atoms with van der Waals surface area (Å²) in [6, 6.07) is 4.72. The first kappa shape index (κ1) is 15.6. The molecule has 5 nitrogen and oxygen atoms in total. The topological polar surface area (TPSA) is 75.4 Å². The number of likely N-dealkylation sites (N-methyl/N-ethyl adjacent to an activating group) is 1. The van der Waals surface area contributed by atoms with Crippen molar-refractivity contribution in [2.45, 2.75) is 30.7 Å². The molecular weight excluding hydrogens is 298 g/mol. The summed E-state index contributed by atoms with van der Waals surface area (Å²) < 4.78 is 27.2. The molecule has 0 saturated carbocycles. The number of anilines is 1. The van der Waals surface area contributed by atoms with Gasteiger partial charge in [0, 0.05) is 18.3 Å². The Morgan fingerprint density at radius 1 is 1.50 bits per heavy atom. The van der Waals surface area contributed by atoms with Crippen LogP contribution in [-0.2, 0) is 10.0 Å². The van der Waals surface area contributed by atoms with Crippen molar-refractivity contribution in [3.05, 3.63) is 23.2 Å². The van der Waals surface area contributed by atoms with Crippen molar-refractivity contribution in [2.24, 2.45) is 0 Å². The predicted octanol–water partition coefficient (Wildman–Crippen LogP) is 1.68. The number of sulfonamides is 1. The lowest BCUT2D eigenvalue weighted by Crippen LogP contribution is -2.40. The van der Waals surface area contributed by atoms with Crippen molar-refractivity contribution < 1.29 is 8.42 Å². The van der Waals surface area contributed by atoms with Crippen LogP contribution in [0.2, 0.25) is 5.02 Å². The number of benzene rings is 1. The summed E-state index contributed by atoms with van der Waals surface area (Å²) in [5, 5.41) is 0.186. The van der Waals surface area contributed by atoms with Crippen molar-refractivity contribution in [1.29, 1.82) is 0 Å². The molecule has 0 unspecified atom stereocenters. The Balaban J connectivity index is 2.09. The molecule has 112 valence electrons. The quantitative estimate of drug-likeness (QED) is 0.810. The Labute approximate surface area is 125 Å². The molecule has 0 radical (unpaired) electrons. The molecule has 0 aromatic heterocycles. The number of hydrogen-bond donors (Lipinski definition) is 2. The molecule has 0 bridgehead atoms. The minimum Gasteiger partial charge on any atom is -0.399 e. The van der Waals surface area contributed by atoms with Crippen LogP contribution in [0.1, 0.15) is 19.8 Å². The molecule has 1 saturated heterocycles. The van der Waals surface area contributed by atoms with Gasteiger partial charge in [0.15, 0.2) is 0 Å². The van der Waals surface area contributed by atoms with E-state index in [9.17, 15) is 8.42 Å². The first-order valence-corrected chi connectivity index (χ1v) is 8.59. The number of hydrogen-bond acceptors (Lipinski definition) is 4. The maximum atomic E-state index is 12.3. The van der Waals surface area contributed by atoms with Crippen LogP contribution in [-0.4, -0.2) is 39.0 Å². The molecule has 0 aliphatic carbocycles. The van der Waals surface area contributed by atoms with Crippen LogP contribution in [0.5, 0.6) is 0 Å². The molecule has 20 heavy (non-hydrogen) atoms. The summed E-state index contributed by atoms with van der Waals surface area (Å²) in [6.45, 7) is 4.45. The van der Waals surface area contributed by atoms with Gasteiger partial charge in [0.05, 0.1) is 5.02 Å². The van der Waals surface area contributed by atoms with Crippen molar-refractivity contribution in [1.82, 2.24) is 9.62 Å². The van der Waals surface area contributed by atoms with E-state index in [2.05, 4.69) is 16.5 Å². The molecule has 1 aromatic carbocycles. The zero-order valence-corrected chi connectivity index (χ0v) is 13.0. The van der Waals surface area contributed by atoms with Crippen molar-refractivity contribution >= 4 is 27.3 Å². The average molecular weight is 318 g/mol. The third-order valence-corrected chi connectivity index (χ3v) is 5.56. The van der Waals surface area contributed by atoms with Crippen LogP contribution >= 0.6 is 11.6 Å². The molecule has 1 aliphatic rings. The van der Waals surface area contributed by atoms with E-state index in [1.807, 2.05) is 0 Å². The molecule has 1 fully saturated rings. The van der Waals surface area contributed by atoms with Gasteiger partial charge in [0.25, 0.3) is 0 Å². The molecule has 3 N–H and O–H groups in total. The summed E-state index contributed by atoms with van der Waals surface area (Å²) in [5.74, 6) is 0. The van der Waals surface area contributed by atoms with Crippen LogP contribution in [0, 0.1) is 0 Å². The molecule has 0 spiro atoms. The van der Waals surface area contributed by atoms with Gasteiger partial charge in [-0.25, -0.2) is 13.1 Å². The third-order valence-electron chi connectivity index (χ3n) is 3.66. The highest BCUT2D eigenvalue weighted by molar-refractivity contribution is 7.89. The van der Waals surface area contributed by atoms with E-state index in [4.69, 9.17) is 17.3 Å². The number of nitrogens with two attached hydrogens (primary N) is 1. The highest BCUT2D eigenvalue weighted by Crippen LogP contribution is 2.24. The zero-order chi connectivity index (χ0) is 14.8. The molecular formula is C13H20ClN3O2S. The number of nitrogens with zero attached hydrogens (tertiary/aromatic N) is 1. The molecule has 1 aromatic rings. The summed E-state index contributed by atoms with van der Waals surface area (Å²) in [4.78, 5) is 2.32. The van der Waals surface area contributed by atoms with Crippen molar-refractivity contribution in [3.63, 3.8) is 0 Å². The van der Waals surface area contributed by atoms with Crippen LogP contribution < -0.4 is 10.5 Å².